The summed E-state index contributed by atoms with van der Waals surface area (Å²) in [6.45, 7) is 5.92. The molecule has 0 spiro atoms. The number of morpholine rings is 1. The first-order valence-corrected chi connectivity index (χ1v) is 10.0. The van der Waals surface area contributed by atoms with Crippen LogP contribution in [0.15, 0.2) is 30.3 Å². The molecule has 0 bridgehead atoms. The monoisotopic (exact) mass is 374 g/mol. The summed E-state index contributed by atoms with van der Waals surface area (Å²) >= 11 is 0. The van der Waals surface area contributed by atoms with Crippen molar-refractivity contribution >= 4 is 11.9 Å². The molecule has 2 heterocycles. The van der Waals surface area contributed by atoms with E-state index < -0.39 is 5.97 Å². The van der Waals surface area contributed by atoms with E-state index >= 15 is 0 Å². The highest BCUT2D eigenvalue weighted by Gasteiger charge is 2.32. The number of amides is 1. The zero-order chi connectivity index (χ0) is 19.1. The van der Waals surface area contributed by atoms with Crippen molar-refractivity contribution in [2.45, 2.75) is 25.7 Å². The molecule has 1 N–H and O–H groups in total. The van der Waals surface area contributed by atoms with Gasteiger partial charge in [0.2, 0.25) is 5.91 Å². The topological polar surface area (TPSA) is 74.1 Å². The summed E-state index contributed by atoms with van der Waals surface area (Å²) in [7, 11) is 0. The lowest BCUT2D eigenvalue weighted by molar-refractivity contribution is -0.908. The number of hydrogen-bond donors (Lipinski definition) is 1. The predicted octanol–water partition coefficient (Wildman–Crippen LogP) is -0.861. The molecule has 2 fully saturated rings. The van der Waals surface area contributed by atoms with E-state index in [1.54, 1.807) is 0 Å². The molecule has 2 aliphatic heterocycles. The largest absolute Gasteiger partial charge is 0.550 e. The number of carboxylic acids is 1. The molecule has 2 aliphatic rings. The van der Waals surface area contributed by atoms with Crippen LogP contribution in [0.1, 0.15) is 24.8 Å². The van der Waals surface area contributed by atoms with Gasteiger partial charge in [0.1, 0.15) is 13.1 Å². The average Bonchev–Trinajstić information content (AvgIpc) is 2.68. The van der Waals surface area contributed by atoms with Crippen LogP contribution in [0, 0.1) is 11.8 Å². The summed E-state index contributed by atoms with van der Waals surface area (Å²) in [5, 5.41) is 11.2. The standard InChI is InChI=1S/C21H30N2O4/c24-20(14-17-4-2-1-3-5-17)23-9-7-18(15-21(25)26)19(16-23)6-8-22-10-12-27-13-11-22/h1-5,18-19H,6-16H2,(H,25,26)/t18-,19-/m0/s1. The van der Waals surface area contributed by atoms with E-state index in [2.05, 4.69) is 0 Å². The first-order valence-electron chi connectivity index (χ1n) is 10.0. The number of benzene rings is 1. The molecular formula is C21H30N2O4. The first kappa shape index (κ1) is 19.8. The molecule has 2 saturated heterocycles. The highest BCUT2D eigenvalue weighted by molar-refractivity contribution is 5.79. The van der Waals surface area contributed by atoms with Gasteiger partial charge in [-0.3, -0.25) is 4.79 Å². The number of ether oxygens (including phenoxy) is 1. The fourth-order valence-corrected chi connectivity index (χ4v) is 4.30. The van der Waals surface area contributed by atoms with E-state index in [0.717, 1.165) is 51.3 Å². The molecule has 1 aromatic carbocycles. The molecule has 6 nitrogen and oxygen atoms in total. The number of carbonyl (C=O) groups is 2. The maximum atomic E-state index is 12.7. The second-order valence-electron chi connectivity index (χ2n) is 7.79. The summed E-state index contributed by atoms with van der Waals surface area (Å²) in [6, 6.07) is 9.79. The van der Waals surface area contributed by atoms with Crippen LogP contribution < -0.4 is 10.0 Å². The van der Waals surface area contributed by atoms with Crippen molar-refractivity contribution < 1.29 is 24.3 Å². The van der Waals surface area contributed by atoms with Gasteiger partial charge < -0.3 is 24.4 Å². The third kappa shape index (κ3) is 6.04. The number of carbonyl (C=O) groups excluding carboxylic acids is 2. The van der Waals surface area contributed by atoms with E-state index in [-0.39, 0.29) is 24.2 Å². The van der Waals surface area contributed by atoms with Gasteiger partial charge in [-0.2, -0.15) is 0 Å². The maximum absolute atomic E-state index is 12.7. The zero-order valence-electron chi connectivity index (χ0n) is 15.9. The van der Waals surface area contributed by atoms with Gasteiger partial charge in [-0.05, 0) is 30.2 Å². The minimum Gasteiger partial charge on any atom is -0.550 e. The highest BCUT2D eigenvalue weighted by atomic mass is 16.5. The lowest BCUT2D eigenvalue weighted by atomic mass is 9.81. The quantitative estimate of drug-likeness (QED) is 0.674. The van der Waals surface area contributed by atoms with Crippen LogP contribution in [0.25, 0.3) is 0 Å². The number of likely N-dealkylation sites (tertiary alicyclic amines) is 1. The van der Waals surface area contributed by atoms with Crippen molar-refractivity contribution in [1.82, 2.24) is 4.90 Å². The molecular weight excluding hydrogens is 344 g/mol. The molecule has 2 atom stereocenters. The molecule has 0 radical (unpaired) electrons. The zero-order valence-corrected chi connectivity index (χ0v) is 15.9. The normalized spacial score (nSPS) is 23.9. The van der Waals surface area contributed by atoms with Crippen LogP contribution in [-0.4, -0.2) is 62.7 Å². The lowest BCUT2D eigenvalue weighted by Crippen LogP contribution is -3.14. The summed E-state index contributed by atoms with van der Waals surface area (Å²) < 4.78 is 5.41. The molecule has 3 rings (SSSR count). The molecule has 0 aromatic heterocycles. The van der Waals surface area contributed by atoms with E-state index in [1.807, 2.05) is 35.2 Å². The van der Waals surface area contributed by atoms with Gasteiger partial charge in [-0.1, -0.05) is 30.3 Å². The van der Waals surface area contributed by atoms with E-state index in [9.17, 15) is 14.7 Å². The van der Waals surface area contributed by atoms with E-state index in [0.29, 0.717) is 19.5 Å². The molecule has 0 aliphatic carbocycles. The van der Waals surface area contributed by atoms with Gasteiger partial charge in [0, 0.05) is 25.5 Å². The Morgan fingerprint density at radius 1 is 1.15 bits per heavy atom. The molecule has 0 unspecified atom stereocenters. The van der Waals surface area contributed by atoms with Gasteiger partial charge >= 0.3 is 0 Å². The van der Waals surface area contributed by atoms with Crippen LogP contribution in [-0.2, 0) is 20.7 Å². The minimum atomic E-state index is -0.979. The Morgan fingerprint density at radius 3 is 2.59 bits per heavy atom. The Kier molecular flexibility index (Phi) is 7.24. The van der Waals surface area contributed by atoms with Crippen molar-refractivity contribution in [2.75, 3.05) is 45.9 Å². The number of piperidine rings is 1. The molecule has 1 amide bonds. The van der Waals surface area contributed by atoms with E-state index in [1.165, 1.54) is 4.90 Å². The smallest absolute Gasteiger partial charge is 0.226 e. The summed E-state index contributed by atoms with van der Waals surface area (Å²) in [5.74, 6) is -0.507. The Balaban J connectivity index is 1.57. The minimum absolute atomic E-state index is 0.101. The van der Waals surface area contributed by atoms with E-state index in [4.69, 9.17) is 4.74 Å². The van der Waals surface area contributed by atoms with Crippen molar-refractivity contribution in [1.29, 1.82) is 0 Å². The van der Waals surface area contributed by atoms with Crippen LogP contribution in [0.3, 0.4) is 0 Å². The number of aliphatic carboxylic acids is 1. The third-order valence-electron chi connectivity index (χ3n) is 5.94. The molecule has 6 heteroatoms. The van der Waals surface area contributed by atoms with Crippen molar-refractivity contribution in [2.24, 2.45) is 11.8 Å². The maximum Gasteiger partial charge on any atom is 0.226 e. The second-order valence-corrected chi connectivity index (χ2v) is 7.79. The third-order valence-corrected chi connectivity index (χ3v) is 5.94. The molecule has 27 heavy (non-hydrogen) atoms. The van der Waals surface area contributed by atoms with Crippen molar-refractivity contribution in [3.63, 3.8) is 0 Å². The number of nitrogens with one attached hydrogen (secondary N) is 1. The van der Waals surface area contributed by atoms with Gasteiger partial charge in [-0.25, -0.2) is 0 Å². The van der Waals surface area contributed by atoms with Crippen LogP contribution >= 0.6 is 0 Å². The Labute approximate surface area is 161 Å². The van der Waals surface area contributed by atoms with Gasteiger partial charge in [0.05, 0.1) is 26.2 Å². The van der Waals surface area contributed by atoms with Gasteiger partial charge in [0.25, 0.3) is 0 Å². The summed E-state index contributed by atoms with van der Waals surface area (Å²) in [4.78, 5) is 27.3. The SMILES string of the molecule is O=C([O-])C[C@@H]1CCN(C(=O)Cc2ccccc2)C[C@@H]1CC[NH+]1CCOCC1. The lowest BCUT2D eigenvalue weighted by Gasteiger charge is -2.39. The molecule has 0 saturated carbocycles. The fraction of sp³-hybridized carbons (Fsp3) is 0.619. The Morgan fingerprint density at radius 2 is 1.89 bits per heavy atom. The van der Waals surface area contributed by atoms with Crippen molar-refractivity contribution in [3.05, 3.63) is 35.9 Å². The van der Waals surface area contributed by atoms with Crippen LogP contribution in [0.4, 0.5) is 0 Å². The number of nitrogens with zero attached hydrogens (tertiary/aromatic N) is 1. The second kappa shape index (κ2) is 9.85. The van der Waals surface area contributed by atoms with Crippen LogP contribution in [0.5, 0.6) is 0 Å². The Hall–Kier alpha value is -1.92. The highest BCUT2D eigenvalue weighted by Crippen LogP contribution is 2.29. The summed E-state index contributed by atoms with van der Waals surface area (Å²) in [6.07, 6.45) is 2.21. The predicted molar refractivity (Wildman–Crippen MR) is 98.9 cm³/mol. The van der Waals surface area contributed by atoms with Crippen molar-refractivity contribution in [3.8, 4) is 0 Å². The van der Waals surface area contributed by atoms with Gasteiger partial charge in [0.15, 0.2) is 0 Å². The number of rotatable bonds is 7. The average molecular weight is 374 g/mol. The summed E-state index contributed by atoms with van der Waals surface area (Å²) in [5.41, 5.74) is 1.02. The first-order chi connectivity index (χ1) is 13.1. The Bertz CT molecular complexity index is 616. The number of carboxylic acid groups (broad SMARTS) is 1. The fourth-order valence-electron chi connectivity index (χ4n) is 4.30. The molecule has 1 aromatic rings. The van der Waals surface area contributed by atoms with Gasteiger partial charge in [-0.15, -0.1) is 0 Å². The number of hydrogen-bond acceptors (Lipinski definition) is 4. The van der Waals surface area contributed by atoms with Crippen LogP contribution in [0.2, 0.25) is 0 Å². The molecule has 148 valence electrons. The number of quaternary nitrogens is 1.